The fraction of sp³-hybridized carbons (Fsp3) is 0.773. The first-order valence-electron chi connectivity index (χ1n) is 20.9. The van der Waals surface area contributed by atoms with E-state index in [1.165, 1.54) is 19.1 Å². The molecule has 13 heteroatoms. The van der Waals surface area contributed by atoms with Crippen LogP contribution in [0.2, 0.25) is 0 Å². The van der Waals surface area contributed by atoms with Crippen LogP contribution in [0.3, 0.4) is 0 Å². The summed E-state index contributed by atoms with van der Waals surface area (Å²) in [7, 11) is 4.61. The maximum Gasteiger partial charge on any atom is 0.329 e. The number of ether oxygens (including phenoxy) is 5. The Morgan fingerprint density at radius 2 is 1.60 bits per heavy atom. The Kier molecular flexibility index (Phi) is 17.2. The number of methoxy groups -OCH3 is 3. The minimum absolute atomic E-state index is 0.00988. The Bertz CT molecular complexity index is 1480. The van der Waals surface area contributed by atoms with Gasteiger partial charge in [-0.15, -0.1) is 6.58 Å². The lowest BCUT2D eigenvalue weighted by atomic mass is 9.81. The minimum Gasteiger partial charge on any atom is -0.456 e. The van der Waals surface area contributed by atoms with Gasteiger partial charge in [-0.05, 0) is 95.5 Å². The maximum absolute atomic E-state index is 14.3. The third-order valence-electron chi connectivity index (χ3n) is 12.9. The second-order valence-corrected chi connectivity index (χ2v) is 17.3. The minimum atomic E-state index is -2.51. The van der Waals surface area contributed by atoms with Gasteiger partial charge in [-0.2, -0.15) is 0 Å². The van der Waals surface area contributed by atoms with Gasteiger partial charge in [-0.3, -0.25) is 14.4 Å². The molecular weight excluding hydrogens is 734 g/mol. The molecule has 3 fully saturated rings. The van der Waals surface area contributed by atoms with Crippen molar-refractivity contribution in [3.05, 3.63) is 36.0 Å². The molecule has 3 heterocycles. The number of carbonyl (C=O) groups excluding carboxylic acids is 4. The molecule has 0 aromatic carbocycles. The number of allylic oxidation sites excluding steroid dienone is 4. The third-order valence-corrected chi connectivity index (χ3v) is 12.9. The number of hydrogen-bond acceptors (Lipinski definition) is 12. The highest BCUT2D eigenvalue weighted by Gasteiger charge is 2.56. The monoisotopic (exact) mass is 803 g/mol. The zero-order chi connectivity index (χ0) is 42.2. The number of hydrogen-bond donors (Lipinski definition) is 3. The van der Waals surface area contributed by atoms with Gasteiger partial charge in [0, 0.05) is 52.0 Å². The van der Waals surface area contributed by atoms with E-state index in [2.05, 4.69) is 6.58 Å². The summed E-state index contributed by atoms with van der Waals surface area (Å²) >= 11 is 0. The van der Waals surface area contributed by atoms with Crippen LogP contribution in [-0.4, -0.2) is 126 Å². The fourth-order valence-electron chi connectivity index (χ4n) is 9.42. The number of aliphatic hydroxyl groups is 3. The van der Waals surface area contributed by atoms with E-state index in [4.69, 9.17) is 23.7 Å². The summed E-state index contributed by atoms with van der Waals surface area (Å²) in [5, 5.41) is 34.1. The number of rotatable bonds is 7. The number of esters is 1. The van der Waals surface area contributed by atoms with E-state index in [9.17, 15) is 34.5 Å². The summed E-state index contributed by atoms with van der Waals surface area (Å²) in [5.74, 6) is -7.76. The van der Waals surface area contributed by atoms with Crippen molar-refractivity contribution < 1.29 is 58.2 Å². The maximum atomic E-state index is 14.3. The van der Waals surface area contributed by atoms with Crippen molar-refractivity contribution in [1.29, 1.82) is 0 Å². The third kappa shape index (κ3) is 11.3. The molecule has 1 amide bonds. The smallest absolute Gasteiger partial charge is 0.329 e. The number of piperidine rings is 1. The molecule has 2 saturated heterocycles. The van der Waals surface area contributed by atoms with E-state index < -0.39 is 83.9 Å². The first-order valence-corrected chi connectivity index (χ1v) is 20.9. The van der Waals surface area contributed by atoms with Gasteiger partial charge in [-0.1, -0.05) is 44.6 Å². The summed E-state index contributed by atoms with van der Waals surface area (Å²) < 4.78 is 29.7. The van der Waals surface area contributed by atoms with Crippen LogP contribution in [0.1, 0.15) is 105 Å². The molecule has 0 aromatic heterocycles. The highest BCUT2D eigenvalue weighted by Crippen LogP contribution is 2.39. The number of cyclic esters (lactones) is 1. The molecule has 4 rings (SSSR count). The van der Waals surface area contributed by atoms with Crippen LogP contribution in [0.5, 0.6) is 0 Å². The van der Waals surface area contributed by atoms with Gasteiger partial charge >= 0.3 is 5.97 Å². The highest BCUT2D eigenvalue weighted by molar-refractivity contribution is 6.39. The summed E-state index contributed by atoms with van der Waals surface area (Å²) in [4.78, 5) is 57.8. The van der Waals surface area contributed by atoms with E-state index in [1.54, 1.807) is 27.0 Å². The van der Waals surface area contributed by atoms with Crippen molar-refractivity contribution >= 4 is 23.4 Å². The first-order chi connectivity index (χ1) is 27.0. The number of aliphatic hydroxyl groups excluding tert-OH is 2. The molecule has 0 radical (unpaired) electrons. The molecule has 322 valence electrons. The number of fused-ring (bicyclic) bond motifs is 3. The average Bonchev–Trinajstić information content (AvgIpc) is 3.18. The van der Waals surface area contributed by atoms with Crippen LogP contribution in [-0.2, 0) is 42.9 Å². The van der Waals surface area contributed by atoms with Crippen LogP contribution in [0.4, 0.5) is 0 Å². The Morgan fingerprint density at radius 3 is 2.25 bits per heavy atom. The summed E-state index contributed by atoms with van der Waals surface area (Å²) in [6, 6.07) is -1.14. The normalized spacial score (nSPS) is 41.0. The predicted molar refractivity (Wildman–Crippen MR) is 213 cm³/mol. The topological polar surface area (TPSA) is 178 Å². The highest BCUT2D eigenvalue weighted by atomic mass is 16.7. The Hall–Kier alpha value is -2.78. The molecule has 1 aliphatic carbocycles. The van der Waals surface area contributed by atoms with Crippen molar-refractivity contribution in [1.82, 2.24) is 4.90 Å². The Morgan fingerprint density at radius 1 is 0.930 bits per heavy atom. The zero-order valence-corrected chi connectivity index (χ0v) is 35.4. The molecule has 3 aliphatic heterocycles. The largest absolute Gasteiger partial charge is 0.456 e. The standard InChI is InChI=1S/C44H69NO12/c1-10-13-31-19-25(2)18-26(3)20-37(54-8)40-38(55-9)22-28(5)44(52,57-40)41(49)42(50)45-17-12-11-14-32(45)43(51)56-39(29(6)34(47)24-35(31)48)27(4)21-30-15-16-33(46)36(23-30)53-7/h10,19,21,26,28-34,36-40,46-47,52H,1,11-18,20,22-24H2,2-9H3/b25-19+,27-21+/t26-,28?,29+,30?,31+,32?,33+,34-,36+,37-,38-,39+,40+,44?/m0/s1. The molecule has 0 aromatic rings. The molecule has 57 heavy (non-hydrogen) atoms. The second kappa shape index (κ2) is 21.0. The van der Waals surface area contributed by atoms with Crippen molar-refractivity contribution in [2.75, 3.05) is 27.9 Å². The van der Waals surface area contributed by atoms with Gasteiger partial charge in [-0.25, -0.2) is 4.79 Å². The van der Waals surface area contributed by atoms with Gasteiger partial charge in [0.15, 0.2) is 0 Å². The number of ketones is 2. The molecule has 0 spiro atoms. The van der Waals surface area contributed by atoms with Crippen molar-refractivity contribution in [3.63, 3.8) is 0 Å². The van der Waals surface area contributed by atoms with Gasteiger partial charge < -0.3 is 43.9 Å². The van der Waals surface area contributed by atoms with Crippen LogP contribution in [0.15, 0.2) is 36.0 Å². The zero-order valence-electron chi connectivity index (χ0n) is 35.4. The summed E-state index contributed by atoms with van der Waals surface area (Å²) in [6.45, 7) is 13.1. The van der Waals surface area contributed by atoms with E-state index in [0.717, 1.165) is 5.57 Å². The number of carbonyl (C=O) groups is 4. The van der Waals surface area contributed by atoms with E-state index in [1.807, 2.05) is 32.9 Å². The quantitative estimate of drug-likeness (QED) is 0.185. The van der Waals surface area contributed by atoms with Crippen LogP contribution >= 0.6 is 0 Å². The van der Waals surface area contributed by atoms with Crippen molar-refractivity contribution in [2.24, 2.45) is 29.6 Å². The lowest BCUT2D eigenvalue weighted by molar-refractivity contribution is -0.302. The SMILES string of the molecule is C=CC[C@@H]1/C=C(\C)C[C@H](C)C[C@H](OC)[C@H]2OC(O)(C(=O)C(=O)N3CCCCC3C(=O)O[C@H](/C(C)=C/C3CC[C@@H](O)[C@H](OC)C3)[C@H](C)[C@@H](O)CC1=O)C(C)C[C@@H]2OC. The number of amides is 1. The molecular formula is C44H69NO12. The van der Waals surface area contributed by atoms with Gasteiger partial charge in [0.1, 0.15) is 24.0 Å². The van der Waals surface area contributed by atoms with Crippen LogP contribution in [0, 0.1) is 29.6 Å². The lowest BCUT2D eigenvalue weighted by Gasteiger charge is -2.47. The molecule has 13 nitrogen and oxygen atoms in total. The summed E-state index contributed by atoms with van der Waals surface area (Å²) in [5.41, 5.74) is 1.61. The van der Waals surface area contributed by atoms with E-state index >= 15 is 0 Å². The second-order valence-electron chi connectivity index (χ2n) is 17.3. The lowest BCUT2D eigenvalue weighted by Crippen LogP contribution is -2.64. The van der Waals surface area contributed by atoms with Gasteiger partial charge in [0.05, 0.1) is 30.5 Å². The Labute approximate surface area is 339 Å². The number of nitrogens with zero attached hydrogens (tertiary/aromatic N) is 1. The Balaban J connectivity index is 1.78. The van der Waals surface area contributed by atoms with Gasteiger partial charge in [0.25, 0.3) is 11.7 Å². The molecule has 4 aliphatic rings. The molecule has 1 saturated carbocycles. The molecule has 2 bridgehead atoms. The average molecular weight is 804 g/mol. The first kappa shape index (κ1) is 46.9. The van der Waals surface area contributed by atoms with E-state index in [-0.39, 0.29) is 49.5 Å². The number of Topliss-reactive ketones (excluding diaryl/α,β-unsaturated/α-hetero) is 2. The fourth-order valence-corrected chi connectivity index (χ4v) is 9.42. The van der Waals surface area contributed by atoms with Gasteiger partial charge in [0.2, 0.25) is 5.79 Å². The van der Waals surface area contributed by atoms with Crippen molar-refractivity contribution in [3.8, 4) is 0 Å². The molecule has 4 unspecified atom stereocenters. The van der Waals surface area contributed by atoms with Crippen LogP contribution in [0.25, 0.3) is 0 Å². The summed E-state index contributed by atoms with van der Waals surface area (Å²) in [6.07, 6.45) is 4.93. The predicted octanol–water partition coefficient (Wildman–Crippen LogP) is 4.64. The van der Waals surface area contributed by atoms with E-state index in [0.29, 0.717) is 56.9 Å². The molecule has 3 N–H and O–H groups in total. The molecule has 14 atom stereocenters. The van der Waals surface area contributed by atoms with Crippen LogP contribution < -0.4 is 0 Å². The van der Waals surface area contributed by atoms with Crippen molar-refractivity contribution in [2.45, 2.75) is 160 Å².